The Balaban J connectivity index is 2.89. The zero-order chi connectivity index (χ0) is 13.9. The molecule has 1 aromatic rings. The first-order valence-corrected chi connectivity index (χ1v) is 6.85. The Morgan fingerprint density at radius 3 is 2.50 bits per heavy atom. The molecule has 0 fully saturated rings. The third kappa shape index (κ3) is 3.52. The molecule has 0 aromatic carbocycles. The van der Waals surface area contributed by atoms with Crippen molar-refractivity contribution < 1.29 is 23.1 Å². The quantitative estimate of drug-likeness (QED) is 0.806. The second kappa shape index (κ2) is 5.13. The number of sulfone groups is 1. The van der Waals surface area contributed by atoms with Crippen molar-refractivity contribution in [3.05, 3.63) is 24.0 Å². The van der Waals surface area contributed by atoms with E-state index >= 15 is 0 Å². The number of aromatic nitrogens is 1. The van der Waals surface area contributed by atoms with Crippen molar-refractivity contribution in [3.63, 3.8) is 0 Å². The number of carbonyl (C=O) groups is 2. The molecular weight excluding hydrogens is 260 g/mol. The predicted molar refractivity (Wildman–Crippen MR) is 64.1 cm³/mol. The van der Waals surface area contributed by atoms with Gasteiger partial charge in [0, 0.05) is 12.5 Å². The van der Waals surface area contributed by atoms with E-state index in [1.807, 2.05) is 0 Å². The van der Waals surface area contributed by atoms with Crippen LogP contribution in [0.15, 0.2) is 18.5 Å². The summed E-state index contributed by atoms with van der Waals surface area (Å²) in [4.78, 5) is 25.9. The van der Waals surface area contributed by atoms with Gasteiger partial charge in [0.25, 0.3) is 0 Å². The summed E-state index contributed by atoms with van der Waals surface area (Å²) in [6, 6.07) is 1.20. The molecule has 98 valence electrons. The summed E-state index contributed by atoms with van der Waals surface area (Å²) in [5, 5.41) is 9.82. The fraction of sp³-hybridized carbons (Fsp3) is 0.300. The maximum atomic E-state index is 11.6. The van der Waals surface area contributed by atoms with Gasteiger partial charge in [-0.1, -0.05) is 0 Å². The molecule has 1 atom stereocenters. The molecule has 8 heteroatoms. The maximum absolute atomic E-state index is 11.6. The number of nitrogens with one attached hydrogen (secondary N) is 1. The summed E-state index contributed by atoms with van der Waals surface area (Å²) < 4.78 is 22.3. The van der Waals surface area contributed by atoms with Crippen molar-refractivity contribution in [3.8, 4) is 0 Å². The van der Waals surface area contributed by atoms with Crippen LogP contribution in [0.2, 0.25) is 0 Å². The highest BCUT2D eigenvalue weighted by atomic mass is 32.2. The average molecular weight is 272 g/mol. The van der Waals surface area contributed by atoms with E-state index in [9.17, 15) is 18.0 Å². The standard InChI is InChI=1S/C10H12N2O5S/c1-6(18(2,16)17)9(13)12-8-3-7(10(14)15)4-11-5-8/h3-6H,1-2H3,(H,12,13)(H,14,15). The van der Waals surface area contributed by atoms with Gasteiger partial charge < -0.3 is 10.4 Å². The van der Waals surface area contributed by atoms with Crippen LogP contribution in [0.25, 0.3) is 0 Å². The number of amides is 1. The number of aromatic carboxylic acids is 1. The zero-order valence-corrected chi connectivity index (χ0v) is 10.6. The van der Waals surface area contributed by atoms with Gasteiger partial charge in [0.05, 0.1) is 17.4 Å². The summed E-state index contributed by atoms with van der Waals surface area (Å²) >= 11 is 0. The summed E-state index contributed by atoms with van der Waals surface area (Å²) in [6.45, 7) is 1.25. The smallest absolute Gasteiger partial charge is 0.337 e. The molecule has 0 radical (unpaired) electrons. The van der Waals surface area contributed by atoms with Crippen molar-refractivity contribution >= 4 is 27.4 Å². The van der Waals surface area contributed by atoms with E-state index in [4.69, 9.17) is 5.11 Å². The Bertz CT molecular complexity index is 582. The Morgan fingerprint density at radius 1 is 1.39 bits per heavy atom. The van der Waals surface area contributed by atoms with Crippen LogP contribution < -0.4 is 5.32 Å². The first-order chi connectivity index (χ1) is 8.21. The van der Waals surface area contributed by atoms with Crippen LogP contribution in [-0.2, 0) is 14.6 Å². The fourth-order valence-corrected chi connectivity index (χ4v) is 1.51. The minimum Gasteiger partial charge on any atom is -0.478 e. The molecule has 0 saturated carbocycles. The molecule has 0 aliphatic heterocycles. The van der Waals surface area contributed by atoms with Crippen LogP contribution in [0.1, 0.15) is 17.3 Å². The van der Waals surface area contributed by atoms with Crippen LogP contribution in [0.3, 0.4) is 0 Å². The van der Waals surface area contributed by atoms with E-state index in [1.165, 1.54) is 19.2 Å². The molecule has 0 spiro atoms. The van der Waals surface area contributed by atoms with Crippen molar-refractivity contribution in [2.75, 3.05) is 11.6 Å². The number of pyridine rings is 1. The molecule has 2 N–H and O–H groups in total. The lowest BCUT2D eigenvalue weighted by molar-refractivity contribution is -0.115. The van der Waals surface area contributed by atoms with Gasteiger partial charge in [-0.05, 0) is 13.0 Å². The Hall–Kier alpha value is -1.96. The van der Waals surface area contributed by atoms with Gasteiger partial charge in [0.2, 0.25) is 5.91 Å². The topological polar surface area (TPSA) is 113 Å². The Morgan fingerprint density at radius 2 is 2.00 bits per heavy atom. The second-order valence-electron chi connectivity index (χ2n) is 3.73. The number of carboxylic acids is 1. The van der Waals surface area contributed by atoms with E-state index in [-0.39, 0.29) is 11.3 Å². The third-order valence-corrected chi connectivity index (χ3v) is 3.76. The normalized spacial score (nSPS) is 12.8. The lowest BCUT2D eigenvalue weighted by Gasteiger charge is -2.10. The van der Waals surface area contributed by atoms with Gasteiger partial charge in [0.1, 0.15) is 5.25 Å². The number of hydrogen-bond acceptors (Lipinski definition) is 5. The Labute approximate surface area is 104 Å². The highest BCUT2D eigenvalue weighted by molar-refractivity contribution is 7.92. The molecule has 0 saturated heterocycles. The first-order valence-electron chi connectivity index (χ1n) is 4.90. The fourth-order valence-electron chi connectivity index (χ4n) is 1.06. The number of rotatable bonds is 4. The maximum Gasteiger partial charge on any atom is 0.337 e. The van der Waals surface area contributed by atoms with Crippen molar-refractivity contribution in [1.29, 1.82) is 0 Å². The van der Waals surface area contributed by atoms with Crippen LogP contribution in [0.4, 0.5) is 5.69 Å². The number of nitrogens with zero attached hydrogens (tertiary/aromatic N) is 1. The van der Waals surface area contributed by atoms with Crippen LogP contribution >= 0.6 is 0 Å². The number of anilines is 1. The van der Waals surface area contributed by atoms with Gasteiger partial charge in [0.15, 0.2) is 9.84 Å². The van der Waals surface area contributed by atoms with Crippen molar-refractivity contribution in [1.82, 2.24) is 4.98 Å². The molecule has 18 heavy (non-hydrogen) atoms. The minimum atomic E-state index is -3.50. The van der Waals surface area contributed by atoms with Crippen LogP contribution in [0.5, 0.6) is 0 Å². The van der Waals surface area contributed by atoms with Gasteiger partial charge in [-0.25, -0.2) is 13.2 Å². The number of hydrogen-bond donors (Lipinski definition) is 2. The minimum absolute atomic E-state index is 0.0974. The van der Waals surface area contributed by atoms with Crippen LogP contribution in [-0.4, -0.2) is 41.9 Å². The lowest BCUT2D eigenvalue weighted by Crippen LogP contribution is -2.31. The molecule has 1 heterocycles. The van der Waals surface area contributed by atoms with E-state index in [1.54, 1.807) is 0 Å². The Kier molecular flexibility index (Phi) is 4.02. The summed E-state index contributed by atoms with van der Waals surface area (Å²) in [5.74, 6) is -1.92. The molecule has 1 rings (SSSR count). The highest BCUT2D eigenvalue weighted by Crippen LogP contribution is 2.10. The van der Waals surface area contributed by atoms with E-state index in [2.05, 4.69) is 10.3 Å². The van der Waals surface area contributed by atoms with Crippen molar-refractivity contribution in [2.45, 2.75) is 12.2 Å². The summed E-state index contributed by atoms with van der Waals surface area (Å²) in [5.41, 5.74) is 0.0372. The molecule has 7 nitrogen and oxygen atoms in total. The van der Waals surface area contributed by atoms with E-state index in [0.29, 0.717) is 0 Å². The molecule has 0 aliphatic rings. The third-order valence-electron chi connectivity index (χ3n) is 2.26. The zero-order valence-electron chi connectivity index (χ0n) is 9.75. The van der Waals surface area contributed by atoms with Crippen molar-refractivity contribution in [2.24, 2.45) is 0 Å². The molecule has 1 amide bonds. The molecule has 1 aromatic heterocycles. The first kappa shape index (κ1) is 14.1. The number of carboxylic acid groups (broad SMARTS) is 1. The molecular formula is C10H12N2O5S. The average Bonchev–Trinajstić information content (AvgIpc) is 2.27. The van der Waals surface area contributed by atoms with Gasteiger partial charge >= 0.3 is 5.97 Å². The van der Waals surface area contributed by atoms with Gasteiger partial charge in [-0.3, -0.25) is 9.78 Å². The van der Waals surface area contributed by atoms with Crippen LogP contribution in [0, 0.1) is 0 Å². The second-order valence-corrected chi connectivity index (χ2v) is 6.09. The SMILES string of the molecule is CC(C(=O)Nc1cncc(C(=O)O)c1)S(C)(=O)=O. The highest BCUT2D eigenvalue weighted by Gasteiger charge is 2.23. The lowest BCUT2D eigenvalue weighted by atomic mass is 10.2. The van der Waals surface area contributed by atoms with Gasteiger partial charge in [-0.15, -0.1) is 0 Å². The summed E-state index contributed by atoms with van der Waals surface area (Å²) in [6.07, 6.45) is 3.31. The van der Waals surface area contributed by atoms with E-state index < -0.39 is 27.0 Å². The molecule has 0 aliphatic carbocycles. The molecule has 1 unspecified atom stereocenters. The molecule has 0 bridgehead atoms. The monoisotopic (exact) mass is 272 g/mol. The largest absolute Gasteiger partial charge is 0.478 e. The predicted octanol–water partition coefficient (Wildman–Crippen LogP) is 0.151. The number of carbonyl (C=O) groups excluding carboxylic acids is 1. The summed E-state index contributed by atoms with van der Waals surface area (Å²) in [7, 11) is -3.50. The van der Waals surface area contributed by atoms with Gasteiger partial charge in [-0.2, -0.15) is 0 Å². The van der Waals surface area contributed by atoms with E-state index in [0.717, 1.165) is 12.5 Å².